The Hall–Kier alpha value is -2.70. The number of hydrogen-bond donors (Lipinski definition) is 0. The molecular formula is C25H23ClN2O3S. The summed E-state index contributed by atoms with van der Waals surface area (Å²) in [6, 6.07) is 16.8. The number of furan rings is 1. The molecule has 0 N–H and O–H groups in total. The molecule has 2 aromatic carbocycles. The van der Waals surface area contributed by atoms with Gasteiger partial charge in [0.1, 0.15) is 0 Å². The summed E-state index contributed by atoms with van der Waals surface area (Å²) < 4.78 is 5.08. The van der Waals surface area contributed by atoms with Crippen LogP contribution in [0.2, 0.25) is 5.02 Å². The van der Waals surface area contributed by atoms with Gasteiger partial charge in [-0.15, -0.1) is 11.8 Å². The van der Waals surface area contributed by atoms with Crippen LogP contribution in [0.15, 0.2) is 65.3 Å². The minimum atomic E-state index is -1.20. The molecule has 0 aliphatic carbocycles. The number of amides is 2. The molecule has 7 heteroatoms. The fourth-order valence-electron chi connectivity index (χ4n) is 4.62. The minimum absolute atomic E-state index is 0.131. The first-order valence-corrected chi connectivity index (χ1v) is 11.6. The van der Waals surface area contributed by atoms with E-state index >= 15 is 0 Å². The van der Waals surface area contributed by atoms with Gasteiger partial charge in [0.25, 0.3) is 11.8 Å². The second kappa shape index (κ2) is 7.42. The number of nitrogens with zero attached hydrogens (tertiary/aromatic N) is 2. The first-order chi connectivity index (χ1) is 15.2. The van der Waals surface area contributed by atoms with Gasteiger partial charge in [-0.1, -0.05) is 35.9 Å². The van der Waals surface area contributed by atoms with E-state index in [2.05, 4.69) is 13.8 Å². The Kier molecular flexibility index (Phi) is 4.91. The van der Waals surface area contributed by atoms with Crippen LogP contribution in [0.25, 0.3) is 0 Å². The zero-order valence-corrected chi connectivity index (χ0v) is 19.7. The monoisotopic (exact) mass is 466 g/mol. The van der Waals surface area contributed by atoms with Crippen molar-refractivity contribution in [3.05, 3.63) is 88.3 Å². The van der Waals surface area contributed by atoms with Gasteiger partial charge in [-0.2, -0.15) is 0 Å². The maximum absolute atomic E-state index is 14.2. The third-order valence-electron chi connectivity index (χ3n) is 6.06. The number of hydrogen-bond acceptors (Lipinski definition) is 4. The Balaban J connectivity index is 1.67. The molecule has 5 nitrogen and oxygen atoms in total. The van der Waals surface area contributed by atoms with Crippen LogP contribution in [0.4, 0.5) is 5.69 Å². The molecule has 1 atom stereocenters. The van der Waals surface area contributed by atoms with Crippen molar-refractivity contribution in [2.75, 3.05) is 11.4 Å². The molecule has 1 fully saturated rings. The average molecular weight is 467 g/mol. The van der Waals surface area contributed by atoms with E-state index in [1.807, 2.05) is 43.3 Å². The standard InChI is InChI=1S/C25H23ClN2O3S/c1-16-7-4-5-8-17(16)14-27-20-11-10-18(26)13-19(20)25(23(27)30)28(15-24(2,3)32-25)22(29)21-9-6-12-31-21/h4-13H,14-15H2,1-3H3/t25-/m0/s1. The van der Waals surface area contributed by atoms with E-state index < -0.39 is 4.87 Å². The molecule has 164 valence electrons. The maximum atomic E-state index is 14.2. The lowest BCUT2D eigenvalue weighted by Crippen LogP contribution is -2.50. The van der Waals surface area contributed by atoms with E-state index in [1.165, 1.54) is 18.0 Å². The lowest BCUT2D eigenvalue weighted by atomic mass is 10.0. The Labute approximate surface area is 196 Å². The predicted molar refractivity (Wildman–Crippen MR) is 127 cm³/mol. The van der Waals surface area contributed by atoms with Gasteiger partial charge in [-0.25, -0.2) is 0 Å². The zero-order valence-electron chi connectivity index (χ0n) is 18.1. The molecule has 1 aromatic heterocycles. The zero-order chi connectivity index (χ0) is 22.7. The number of rotatable bonds is 3. The fourth-order valence-corrected chi connectivity index (χ4v) is 6.52. The highest BCUT2D eigenvalue weighted by Crippen LogP contribution is 2.60. The Bertz CT molecular complexity index is 1220. The van der Waals surface area contributed by atoms with Gasteiger partial charge in [-0.05, 0) is 62.2 Å². The molecular weight excluding hydrogens is 444 g/mol. The van der Waals surface area contributed by atoms with Gasteiger partial charge >= 0.3 is 0 Å². The third kappa shape index (κ3) is 3.16. The van der Waals surface area contributed by atoms with E-state index in [9.17, 15) is 9.59 Å². The molecule has 1 spiro atoms. The molecule has 2 amide bonds. The van der Waals surface area contributed by atoms with Crippen molar-refractivity contribution in [3.8, 4) is 0 Å². The summed E-state index contributed by atoms with van der Waals surface area (Å²) in [5.74, 6) is -0.213. The van der Waals surface area contributed by atoms with Crippen molar-refractivity contribution in [1.82, 2.24) is 4.90 Å². The van der Waals surface area contributed by atoms with Crippen molar-refractivity contribution in [3.63, 3.8) is 0 Å². The quantitative estimate of drug-likeness (QED) is 0.503. The van der Waals surface area contributed by atoms with Gasteiger partial charge in [0.05, 0.1) is 18.5 Å². The second-order valence-corrected chi connectivity index (χ2v) is 11.2. The number of anilines is 1. The first-order valence-electron chi connectivity index (χ1n) is 10.5. The normalized spacial score (nSPS) is 21.4. The maximum Gasteiger partial charge on any atom is 0.291 e. The van der Waals surface area contributed by atoms with Crippen LogP contribution in [0.5, 0.6) is 0 Å². The van der Waals surface area contributed by atoms with E-state index in [0.717, 1.165) is 22.4 Å². The molecule has 2 aliphatic heterocycles. The molecule has 1 saturated heterocycles. The Morgan fingerprint density at radius 2 is 1.94 bits per heavy atom. The number of fused-ring (bicyclic) bond motifs is 2. The summed E-state index contributed by atoms with van der Waals surface area (Å²) >= 11 is 7.91. The number of aryl methyl sites for hydroxylation is 1. The van der Waals surface area contributed by atoms with Crippen LogP contribution in [0, 0.1) is 6.92 Å². The molecule has 3 aromatic rings. The Morgan fingerprint density at radius 1 is 1.16 bits per heavy atom. The van der Waals surface area contributed by atoms with Crippen molar-refractivity contribution < 1.29 is 14.0 Å². The molecule has 2 aliphatic rings. The summed E-state index contributed by atoms with van der Waals surface area (Å²) in [6.07, 6.45) is 1.47. The van der Waals surface area contributed by atoms with Gasteiger partial charge in [0, 0.05) is 21.9 Å². The van der Waals surface area contributed by atoms with Crippen molar-refractivity contribution in [2.45, 2.75) is 36.9 Å². The van der Waals surface area contributed by atoms with E-state index in [-0.39, 0.29) is 22.3 Å². The highest BCUT2D eigenvalue weighted by atomic mass is 35.5. The lowest BCUT2D eigenvalue weighted by molar-refractivity contribution is -0.123. The van der Waals surface area contributed by atoms with Crippen molar-refractivity contribution in [2.24, 2.45) is 0 Å². The van der Waals surface area contributed by atoms with Gasteiger partial charge in [0.2, 0.25) is 0 Å². The van der Waals surface area contributed by atoms with Crippen LogP contribution >= 0.6 is 23.4 Å². The van der Waals surface area contributed by atoms with Crippen molar-refractivity contribution >= 4 is 40.9 Å². The van der Waals surface area contributed by atoms with E-state index in [4.69, 9.17) is 16.0 Å². The van der Waals surface area contributed by atoms with Crippen molar-refractivity contribution in [1.29, 1.82) is 0 Å². The first kappa shape index (κ1) is 21.2. The average Bonchev–Trinajstić information content (AvgIpc) is 3.43. The topological polar surface area (TPSA) is 53.8 Å². The van der Waals surface area contributed by atoms with Gasteiger partial charge in [0.15, 0.2) is 10.6 Å². The summed E-state index contributed by atoms with van der Waals surface area (Å²) in [7, 11) is 0. The number of benzene rings is 2. The highest BCUT2D eigenvalue weighted by molar-refractivity contribution is 8.02. The molecule has 0 saturated carbocycles. The van der Waals surface area contributed by atoms with Crippen LogP contribution < -0.4 is 4.90 Å². The van der Waals surface area contributed by atoms with Crippen LogP contribution in [0.3, 0.4) is 0 Å². The predicted octanol–water partition coefficient (Wildman–Crippen LogP) is 5.61. The van der Waals surface area contributed by atoms with Gasteiger partial charge < -0.3 is 14.2 Å². The van der Waals surface area contributed by atoms with Crippen LogP contribution in [-0.4, -0.2) is 28.0 Å². The molecule has 0 unspecified atom stereocenters. The third-order valence-corrected chi connectivity index (χ3v) is 7.89. The van der Waals surface area contributed by atoms with Crippen LogP contribution in [0.1, 0.15) is 41.1 Å². The molecule has 0 bridgehead atoms. The summed E-state index contributed by atoms with van der Waals surface area (Å²) in [6.45, 7) is 6.97. The van der Waals surface area contributed by atoms with E-state index in [0.29, 0.717) is 18.1 Å². The number of carbonyl (C=O) groups excluding carboxylic acids is 2. The highest BCUT2D eigenvalue weighted by Gasteiger charge is 2.64. The van der Waals surface area contributed by atoms with Gasteiger partial charge in [-0.3, -0.25) is 9.59 Å². The number of carbonyl (C=O) groups is 2. The fraction of sp³-hybridized carbons (Fsp3) is 0.280. The smallest absolute Gasteiger partial charge is 0.291 e. The summed E-state index contributed by atoms with van der Waals surface area (Å²) in [4.78, 5) is 30.0. The molecule has 0 radical (unpaired) electrons. The minimum Gasteiger partial charge on any atom is -0.459 e. The second-order valence-electron chi connectivity index (χ2n) is 8.85. The number of halogens is 1. The molecule has 5 rings (SSSR count). The molecule has 3 heterocycles. The Morgan fingerprint density at radius 3 is 2.66 bits per heavy atom. The SMILES string of the molecule is Cc1ccccc1CN1C(=O)[C@@]2(SC(C)(C)CN2C(=O)c2ccco2)c2cc(Cl)ccc21. The summed E-state index contributed by atoms with van der Waals surface area (Å²) in [5, 5.41) is 0.532. The molecule has 32 heavy (non-hydrogen) atoms. The largest absolute Gasteiger partial charge is 0.459 e. The summed E-state index contributed by atoms with van der Waals surface area (Å²) in [5.41, 5.74) is 3.70. The van der Waals surface area contributed by atoms with Crippen LogP contribution in [-0.2, 0) is 16.2 Å². The van der Waals surface area contributed by atoms with E-state index in [1.54, 1.807) is 28.0 Å². The lowest BCUT2D eigenvalue weighted by Gasteiger charge is -2.32. The number of thioether (sulfide) groups is 1.